The predicted molar refractivity (Wildman–Crippen MR) is 137 cm³/mol. The summed E-state index contributed by atoms with van der Waals surface area (Å²) in [6, 6.07) is 16.6. The van der Waals surface area contributed by atoms with Gasteiger partial charge in [-0.05, 0) is 68.5 Å². The summed E-state index contributed by atoms with van der Waals surface area (Å²) >= 11 is 0. The molecule has 7 nitrogen and oxygen atoms in total. The summed E-state index contributed by atoms with van der Waals surface area (Å²) in [6.45, 7) is 6.73. The molecule has 0 saturated heterocycles. The van der Waals surface area contributed by atoms with Crippen molar-refractivity contribution in [3.8, 4) is 22.5 Å². The summed E-state index contributed by atoms with van der Waals surface area (Å²) in [5.74, 6) is 2.00. The second-order valence-corrected chi connectivity index (χ2v) is 9.47. The van der Waals surface area contributed by atoms with Crippen molar-refractivity contribution in [2.45, 2.75) is 52.1 Å². The number of anilines is 2. The lowest BCUT2D eigenvalue weighted by Gasteiger charge is -2.12. The fraction of sp³-hybridized carbons (Fsp3) is 0.286. The minimum absolute atomic E-state index is 0.00289. The zero-order valence-electron chi connectivity index (χ0n) is 20.2. The van der Waals surface area contributed by atoms with Crippen LogP contribution in [-0.4, -0.2) is 25.7 Å². The van der Waals surface area contributed by atoms with Gasteiger partial charge < -0.3 is 10.6 Å². The van der Waals surface area contributed by atoms with E-state index in [-0.39, 0.29) is 11.9 Å². The van der Waals surface area contributed by atoms with Crippen LogP contribution < -0.4 is 10.6 Å². The van der Waals surface area contributed by atoms with Gasteiger partial charge in [0.2, 0.25) is 5.95 Å². The van der Waals surface area contributed by atoms with E-state index in [1.165, 1.54) is 18.5 Å². The normalized spacial score (nSPS) is 16.8. The van der Waals surface area contributed by atoms with Crippen LogP contribution in [0.1, 0.15) is 65.8 Å². The van der Waals surface area contributed by atoms with Gasteiger partial charge in [-0.1, -0.05) is 30.3 Å². The summed E-state index contributed by atoms with van der Waals surface area (Å²) in [5, 5.41) is 11.1. The number of amides is 1. The lowest BCUT2D eigenvalue weighted by Crippen LogP contribution is -2.16. The molecule has 2 aromatic carbocycles. The molecular formula is C28H28N6O. The summed E-state index contributed by atoms with van der Waals surface area (Å²) in [5.41, 5.74) is 8.07. The van der Waals surface area contributed by atoms with E-state index in [0.717, 1.165) is 39.1 Å². The van der Waals surface area contributed by atoms with Crippen LogP contribution in [0, 0.1) is 6.92 Å². The molecular weight excluding hydrogens is 436 g/mol. The first kappa shape index (κ1) is 21.5. The standard InChI is InChI=1S/C28H28N6O/c1-4-34-28(31-25-14-22-17(3)30-27(35)23(22)13-16(25)2)32-26(33-34)20-9-5-18(6-10-20)21-11-12-24(29-15-21)19-7-8-19/h5-6,9-15,17,19H,4,7-8H2,1-3H3,(H,30,35)(H,31,32,33). The Balaban J connectivity index is 1.25. The lowest BCUT2D eigenvalue weighted by atomic mass is 10.0. The average molecular weight is 465 g/mol. The average Bonchev–Trinajstić information content (AvgIpc) is 3.59. The lowest BCUT2D eigenvalue weighted by molar-refractivity contribution is 0.0958. The molecule has 2 aromatic heterocycles. The molecule has 0 radical (unpaired) electrons. The van der Waals surface area contributed by atoms with Crippen molar-refractivity contribution >= 4 is 17.5 Å². The van der Waals surface area contributed by atoms with Crippen molar-refractivity contribution in [3.05, 3.63) is 77.1 Å². The number of carbonyl (C=O) groups excluding carboxylic acids is 1. The third-order valence-electron chi connectivity index (χ3n) is 6.93. The maximum absolute atomic E-state index is 12.2. The molecule has 1 unspecified atom stereocenters. The van der Waals surface area contributed by atoms with Gasteiger partial charge in [0.05, 0.1) is 6.04 Å². The third kappa shape index (κ3) is 3.97. The first-order valence-corrected chi connectivity index (χ1v) is 12.2. The number of aromatic nitrogens is 4. The Morgan fingerprint density at radius 3 is 2.49 bits per heavy atom. The molecule has 35 heavy (non-hydrogen) atoms. The first-order chi connectivity index (χ1) is 17.0. The van der Waals surface area contributed by atoms with Crippen LogP contribution in [0.4, 0.5) is 11.6 Å². The molecule has 1 atom stereocenters. The minimum atomic E-state index is -0.0146. The molecule has 1 fully saturated rings. The molecule has 2 aliphatic rings. The second kappa shape index (κ2) is 8.34. The highest BCUT2D eigenvalue weighted by atomic mass is 16.2. The fourth-order valence-corrected chi connectivity index (χ4v) is 4.67. The van der Waals surface area contributed by atoms with E-state index in [9.17, 15) is 4.79 Å². The maximum atomic E-state index is 12.2. The maximum Gasteiger partial charge on any atom is 0.252 e. The number of carbonyl (C=O) groups is 1. The Kier molecular flexibility index (Phi) is 5.13. The van der Waals surface area contributed by atoms with Gasteiger partial charge in [0.25, 0.3) is 5.91 Å². The monoisotopic (exact) mass is 464 g/mol. The molecule has 4 aromatic rings. The van der Waals surface area contributed by atoms with Gasteiger partial charge in [-0.25, -0.2) is 4.68 Å². The highest BCUT2D eigenvalue weighted by Gasteiger charge is 2.27. The van der Waals surface area contributed by atoms with E-state index in [1.807, 2.05) is 43.8 Å². The van der Waals surface area contributed by atoms with Crippen LogP contribution in [0.15, 0.2) is 54.7 Å². The predicted octanol–water partition coefficient (Wildman–Crippen LogP) is 5.76. The quantitative estimate of drug-likeness (QED) is 0.379. The number of nitrogens with one attached hydrogen (secondary N) is 2. The molecule has 1 aliphatic heterocycles. The Morgan fingerprint density at radius 2 is 1.80 bits per heavy atom. The van der Waals surface area contributed by atoms with Crippen LogP contribution in [0.25, 0.3) is 22.5 Å². The van der Waals surface area contributed by atoms with Crippen LogP contribution in [0.3, 0.4) is 0 Å². The number of pyridine rings is 1. The van der Waals surface area contributed by atoms with Crippen molar-refractivity contribution < 1.29 is 4.79 Å². The Bertz CT molecular complexity index is 1420. The number of hydrogen-bond acceptors (Lipinski definition) is 5. The molecule has 1 amide bonds. The van der Waals surface area contributed by atoms with Crippen molar-refractivity contribution in [1.29, 1.82) is 0 Å². The van der Waals surface area contributed by atoms with Gasteiger partial charge in [-0.3, -0.25) is 9.78 Å². The SMILES string of the molecule is CCn1nc(-c2ccc(-c3ccc(C4CC4)nc3)cc2)nc1Nc1cc2c(cc1C)C(=O)NC2C. The van der Waals surface area contributed by atoms with Crippen molar-refractivity contribution in [1.82, 2.24) is 25.1 Å². The van der Waals surface area contributed by atoms with Gasteiger partial charge in [-0.15, -0.1) is 5.10 Å². The first-order valence-electron chi connectivity index (χ1n) is 12.2. The van der Waals surface area contributed by atoms with Crippen molar-refractivity contribution in [2.75, 3.05) is 5.32 Å². The summed E-state index contributed by atoms with van der Waals surface area (Å²) in [4.78, 5) is 21.6. The highest BCUT2D eigenvalue weighted by Crippen LogP contribution is 2.39. The molecule has 6 rings (SSSR count). The van der Waals surface area contributed by atoms with E-state index < -0.39 is 0 Å². The molecule has 0 bridgehead atoms. The Labute approximate surface area is 204 Å². The van der Waals surface area contributed by atoms with E-state index in [2.05, 4.69) is 52.0 Å². The topological polar surface area (TPSA) is 84.7 Å². The van der Waals surface area contributed by atoms with Crippen LogP contribution in [0.2, 0.25) is 0 Å². The summed E-state index contributed by atoms with van der Waals surface area (Å²) in [7, 11) is 0. The zero-order chi connectivity index (χ0) is 24.1. The number of hydrogen-bond donors (Lipinski definition) is 2. The van der Waals surface area contributed by atoms with Gasteiger partial charge in [0.15, 0.2) is 5.82 Å². The molecule has 7 heteroatoms. The van der Waals surface area contributed by atoms with E-state index in [1.54, 1.807) is 0 Å². The van der Waals surface area contributed by atoms with Crippen molar-refractivity contribution in [3.63, 3.8) is 0 Å². The Morgan fingerprint density at radius 1 is 1.06 bits per heavy atom. The van der Waals surface area contributed by atoms with Gasteiger partial charge >= 0.3 is 0 Å². The molecule has 176 valence electrons. The third-order valence-corrected chi connectivity index (χ3v) is 6.93. The summed E-state index contributed by atoms with van der Waals surface area (Å²) in [6.07, 6.45) is 4.49. The van der Waals surface area contributed by atoms with Crippen LogP contribution in [0.5, 0.6) is 0 Å². The molecule has 3 heterocycles. The Hall–Kier alpha value is -4.00. The highest BCUT2D eigenvalue weighted by molar-refractivity contribution is 6.00. The molecule has 0 spiro atoms. The minimum Gasteiger partial charge on any atom is -0.345 e. The number of benzene rings is 2. The molecule has 2 N–H and O–H groups in total. The van der Waals surface area contributed by atoms with Crippen molar-refractivity contribution in [2.24, 2.45) is 0 Å². The van der Waals surface area contributed by atoms with Crippen LogP contribution in [-0.2, 0) is 6.54 Å². The van der Waals surface area contributed by atoms with Gasteiger partial charge in [0.1, 0.15) is 0 Å². The van der Waals surface area contributed by atoms with E-state index >= 15 is 0 Å². The number of rotatable bonds is 6. The van der Waals surface area contributed by atoms with Gasteiger partial charge in [0, 0.05) is 46.7 Å². The second-order valence-electron chi connectivity index (χ2n) is 9.47. The largest absolute Gasteiger partial charge is 0.345 e. The smallest absolute Gasteiger partial charge is 0.252 e. The van der Waals surface area contributed by atoms with Crippen LogP contribution >= 0.6 is 0 Å². The molecule has 1 saturated carbocycles. The van der Waals surface area contributed by atoms with E-state index in [4.69, 9.17) is 10.1 Å². The van der Waals surface area contributed by atoms with E-state index in [0.29, 0.717) is 24.2 Å². The zero-order valence-corrected chi connectivity index (χ0v) is 20.2. The fourth-order valence-electron chi connectivity index (χ4n) is 4.67. The molecule has 1 aliphatic carbocycles. The summed E-state index contributed by atoms with van der Waals surface area (Å²) < 4.78 is 1.86. The number of fused-ring (bicyclic) bond motifs is 1. The number of nitrogens with zero attached hydrogens (tertiary/aromatic N) is 4. The van der Waals surface area contributed by atoms with Gasteiger partial charge in [-0.2, -0.15) is 4.98 Å². The number of aryl methyl sites for hydroxylation is 2.